The van der Waals surface area contributed by atoms with Crippen molar-refractivity contribution in [2.45, 2.75) is 19.8 Å². The molecule has 2 rings (SSSR count). The fraction of sp³-hybridized carbons (Fsp3) is 0.333. The van der Waals surface area contributed by atoms with Crippen LogP contribution in [-0.2, 0) is 14.3 Å². The van der Waals surface area contributed by atoms with Gasteiger partial charge in [-0.15, -0.1) is 0 Å². The minimum atomic E-state index is -0.670. The summed E-state index contributed by atoms with van der Waals surface area (Å²) in [5, 5.41) is 0. The molecule has 1 aliphatic heterocycles. The summed E-state index contributed by atoms with van der Waals surface area (Å²) in [5.74, 6) is -1.20. The number of carbonyl (C=O) groups excluding carboxylic acids is 2. The molecule has 3 heteroatoms. The number of benzene rings is 1. The fourth-order valence-corrected chi connectivity index (χ4v) is 2.08. The van der Waals surface area contributed by atoms with Crippen molar-refractivity contribution in [1.29, 1.82) is 0 Å². The smallest absolute Gasteiger partial charge is 0.316 e. The van der Waals surface area contributed by atoms with Gasteiger partial charge in [0.05, 0.1) is 6.61 Å². The second kappa shape index (κ2) is 5.63. The lowest BCUT2D eigenvalue weighted by atomic mass is 9.90. The van der Waals surface area contributed by atoms with Gasteiger partial charge in [-0.25, -0.2) is 0 Å². The molecule has 1 unspecified atom stereocenters. The maximum absolute atomic E-state index is 11.7. The van der Waals surface area contributed by atoms with Crippen molar-refractivity contribution < 1.29 is 14.3 Å². The molecule has 0 saturated carbocycles. The molecular formula is C15H16O3. The quantitative estimate of drug-likeness (QED) is 0.593. The number of Topliss-reactive ketones (excluding diaryl/α,β-unsaturated/α-hetero) is 1. The lowest BCUT2D eigenvalue weighted by Crippen LogP contribution is -2.26. The van der Waals surface area contributed by atoms with Crippen molar-refractivity contribution in [2.24, 2.45) is 5.92 Å². The summed E-state index contributed by atoms with van der Waals surface area (Å²) in [7, 11) is 0. The highest BCUT2D eigenvalue weighted by Crippen LogP contribution is 2.26. The van der Waals surface area contributed by atoms with Gasteiger partial charge in [-0.05, 0) is 24.5 Å². The first-order valence-electron chi connectivity index (χ1n) is 6.10. The molecule has 0 fully saturated rings. The van der Waals surface area contributed by atoms with Crippen LogP contribution in [0.15, 0.2) is 36.4 Å². The van der Waals surface area contributed by atoms with Gasteiger partial charge in [-0.1, -0.05) is 36.4 Å². The fourth-order valence-electron chi connectivity index (χ4n) is 2.08. The van der Waals surface area contributed by atoms with E-state index in [4.69, 9.17) is 4.74 Å². The standard InChI is InChI=1S/C15H16O3/c1-11(16)14-10-13(8-5-9-18-15(14)17)12-6-3-2-4-7-12/h2-4,6-8,14H,5,9-10H2,1H3/b13-8+. The van der Waals surface area contributed by atoms with Crippen LogP contribution in [-0.4, -0.2) is 18.4 Å². The Morgan fingerprint density at radius 2 is 2.00 bits per heavy atom. The van der Waals surface area contributed by atoms with Crippen LogP contribution in [0.4, 0.5) is 0 Å². The van der Waals surface area contributed by atoms with Crippen LogP contribution in [0.5, 0.6) is 0 Å². The van der Waals surface area contributed by atoms with E-state index in [0.29, 0.717) is 19.4 Å². The van der Waals surface area contributed by atoms with Crippen LogP contribution in [0.25, 0.3) is 5.57 Å². The summed E-state index contributed by atoms with van der Waals surface area (Å²) in [5.41, 5.74) is 2.12. The molecule has 0 bridgehead atoms. The number of allylic oxidation sites excluding steroid dienone is 1. The maximum atomic E-state index is 11.7. The van der Waals surface area contributed by atoms with E-state index in [2.05, 4.69) is 6.08 Å². The minimum absolute atomic E-state index is 0.135. The van der Waals surface area contributed by atoms with Crippen molar-refractivity contribution in [3.05, 3.63) is 42.0 Å². The molecule has 0 aromatic heterocycles. The molecule has 0 saturated heterocycles. The molecular weight excluding hydrogens is 228 g/mol. The Morgan fingerprint density at radius 1 is 1.28 bits per heavy atom. The van der Waals surface area contributed by atoms with Crippen molar-refractivity contribution in [3.8, 4) is 0 Å². The molecule has 1 aromatic rings. The van der Waals surface area contributed by atoms with E-state index >= 15 is 0 Å². The van der Waals surface area contributed by atoms with Gasteiger partial charge in [0.2, 0.25) is 0 Å². The average Bonchev–Trinajstić information content (AvgIpc) is 2.35. The monoisotopic (exact) mass is 244 g/mol. The van der Waals surface area contributed by atoms with Crippen LogP contribution < -0.4 is 0 Å². The van der Waals surface area contributed by atoms with Crippen molar-refractivity contribution in [3.63, 3.8) is 0 Å². The van der Waals surface area contributed by atoms with Crippen molar-refractivity contribution in [2.75, 3.05) is 6.61 Å². The van der Waals surface area contributed by atoms with Gasteiger partial charge < -0.3 is 4.74 Å². The van der Waals surface area contributed by atoms with Crippen molar-refractivity contribution >= 4 is 17.3 Å². The van der Waals surface area contributed by atoms with Gasteiger partial charge in [0, 0.05) is 6.42 Å². The molecule has 1 atom stereocenters. The topological polar surface area (TPSA) is 43.4 Å². The first-order chi connectivity index (χ1) is 8.68. The van der Waals surface area contributed by atoms with Gasteiger partial charge >= 0.3 is 5.97 Å². The average molecular weight is 244 g/mol. The number of cyclic esters (lactones) is 1. The Bertz CT molecular complexity index is 474. The first-order valence-corrected chi connectivity index (χ1v) is 6.10. The van der Waals surface area contributed by atoms with Crippen molar-refractivity contribution in [1.82, 2.24) is 0 Å². The van der Waals surface area contributed by atoms with E-state index in [1.807, 2.05) is 30.3 Å². The Kier molecular flexibility index (Phi) is 3.92. The third-order valence-electron chi connectivity index (χ3n) is 3.10. The number of ether oxygens (including phenoxy) is 1. The number of carbonyl (C=O) groups is 2. The van der Waals surface area contributed by atoms with Crippen LogP contribution in [0, 0.1) is 5.92 Å². The summed E-state index contributed by atoms with van der Waals surface area (Å²) in [6.45, 7) is 1.79. The largest absolute Gasteiger partial charge is 0.465 e. The zero-order chi connectivity index (χ0) is 13.0. The predicted octanol–water partition coefficient (Wildman–Crippen LogP) is 2.61. The molecule has 0 aliphatic carbocycles. The second-order valence-electron chi connectivity index (χ2n) is 4.42. The van der Waals surface area contributed by atoms with E-state index in [1.54, 1.807) is 0 Å². The van der Waals surface area contributed by atoms with Crippen LogP contribution in [0.3, 0.4) is 0 Å². The molecule has 0 N–H and O–H groups in total. The van der Waals surface area contributed by atoms with E-state index in [-0.39, 0.29) is 5.78 Å². The number of hydrogen-bond acceptors (Lipinski definition) is 3. The lowest BCUT2D eigenvalue weighted by Gasteiger charge is -2.18. The van der Waals surface area contributed by atoms with Gasteiger partial charge in [0.25, 0.3) is 0 Å². The van der Waals surface area contributed by atoms with Gasteiger partial charge in [-0.3, -0.25) is 9.59 Å². The lowest BCUT2D eigenvalue weighted by molar-refractivity contribution is -0.151. The summed E-state index contributed by atoms with van der Waals surface area (Å²) in [6.07, 6.45) is 3.18. The third kappa shape index (κ3) is 2.86. The Balaban J connectivity index is 2.29. The van der Waals surface area contributed by atoms with Gasteiger partial charge in [0.15, 0.2) is 0 Å². The maximum Gasteiger partial charge on any atom is 0.316 e. The van der Waals surface area contributed by atoms with E-state index in [9.17, 15) is 9.59 Å². The summed E-state index contributed by atoms with van der Waals surface area (Å²) < 4.78 is 5.04. The molecule has 1 heterocycles. The van der Waals surface area contributed by atoms with E-state index in [1.165, 1.54) is 6.92 Å². The normalized spacial score (nSPS) is 23.3. The molecule has 18 heavy (non-hydrogen) atoms. The highest BCUT2D eigenvalue weighted by molar-refractivity contribution is 5.99. The zero-order valence-electron chi connectivity index (χ0n) is 10.4. The number of ketones is 1. The van der Waals surface area contributed by atoms with E-state index in [0.717, 1.165) is 11.1 Å². The first kappa shape index (κ1) is 12.6. The molecule has 94 valence electrons. The molecule has 0 spiro atoms. The molecule has 3 nitrogen and oxygen atoms in total. The Hall–Kier alpha value is -1.90. The minimum Gasteiger partial charge on any atom is -0.465 e. The Morgan fingerprint density at radius 3 is 2.67 bits per heavy atom. The zero-order valence-corrected chi connectivity index (χ0v) is 10.4. The summed E-state index contributed by atoms with van der Waals surface area (Å²) in [4.78, 5) is 23.2. The predicted molar refractivity (Wildman–Crippen MR) is 68.8 cm³/mol. The highest BCUT2D eigenvalue weighted by atomic mass is 16.5. The second-order valence-corrected chi connectivity index (χ2v) is 4.42. The SMILES string of the molecule is CC(=O)C1C/C(c2ccccc2)=C\CCOC1=O. The molecule has 1 aromatic carbocycles. The molecule has 0 amide bonds. The molecule has 1 aliphatic rings. The number of esters is 1. The summed E-state index contributed by atoms with van der Waals surface area (Å²) >= 11 is 0. The molecule has 0 radical (unpaired) electrons. The Labute approximate surface area is 106 Å². The van der Waals surface area contributed by atoms with Crippen LogP contribution in [0.2, 0.25) is 0 Å². The van der Waals surface area contributed by atoms with Gasteiger partial charge in [-0.2, -0.15) is 0 Å². The highest BCUT2D eigenvalue weighted by Gasteiger charge is 2.27. The number of hydrogen-bond donors (Lipinski definition) is 0. The van der Waals surface area contributed by atoms with Crippen LogP contribution in [0.1, 0.15) is 25.3 Å². The summed E-state index contributed by atoms with van der Waals surface area (Å²) in [6, 6.07) is 9.85. The van der Waals surface area contributed by atoms with E-state index < -0.39 is 11.9 Å². The van der Waals surface area contributed by atoms with Gasteiger partial charge in [0.1, 0.15) is 11.7 Å². The number of rotatable bonds is 2. The van der Waals surface area contributed by atoms with Crippen LogP contribution >= 0.6 is 0 Å². The third-order valence-corrected chi connectivity index (χ3v) is 3.10.